The molecule has 0 radical (unpaired) electrons. The molecule has 0 bridgehead atoms. The summed E-state index contributed by atoms with van der Waals surface area (Å²) in [5.41, 5.74) is 0. The summed E-state index contributed by atoms with van der Waals surface area (Å²) in [6, 6.07) is 0. The van der Waals surface area contributed by atoms with E-state index in [1.165, 1.54) is 70.6 Å². The van der Waals surface area contributed by atoms with E-state index < -0.39 is 0 Å². The highest BCUT2D eigenvalue weighted by Crippen LogP contribution is 2.41. The van der Waals surface area contributed by atoms with Crippen molar-refractivity contribution in [2.45, 2.75) is 83.7 Å². The Kier molecular flexibility index (Phi) is 8.30. The van der Waals surface area contributed by atoms with E-state index in [4.69, 9.17) is 4.74 Å². The number of hydrogen-bond acceptors (Lipinski definition) is 1. The molecule has 0 N–H and O–H groups in total. The van der Waals surface area contributed by atoms with E-state index in [2.05, 4.69) is 25.7 Å². The van der Waals surface area contributed by atoms with Gasteiger partial charge in [0.05, 0.1) is 12.7 Å². The molecule has 0 unspecified atom stereocenters. The molecule has 0 aromatic heterocycles. The van der Waals surface area contributed by atoms with Gasteiger partial charge in [0.2, 0.25) is 0 Å². The fraction of sp³-hybridized carbons (Fsp3) is 0.810. The van der Waals surface area contributed by atoms with E-state index in [-0.39, 0.29) is 0 Å². The van der Waals surface area contributed by atoms with E-state index in [9.17, 15) is 0 Å². The maximum Gasteiger partial charge on any atom is 0.0648 e. The number of ether oxygens (including phenoxy) is 1. The molecule has 22 heavy (non-hydrogen) atoms. The second-order valence-corrected chi connectivity index (χ2v) is 7.44. The molecular formula is C21H36O. The van der Waals surface area contributed by atoms with Crippen molar-refractivity contribution in [3.63, 3.8) is 0 Å². The van der Waals surface area contributed by atoms with Gasteiger partial charge in [-0.3, -0.25) is 0 Å². The Hall–Kier alpha value is -0.560. The maximum atomic E-state index is 5.83. The maximum absolute atomic E-state index is 5.83. The third-order valence-electron chi connectivity index (χ3n) is 5.95. The van der Waals surface area contributed by atoms with Gasteiger partial charge in [-0.2, -0.15) is 0 Å². The van der Waals surface area contributed by atoms with Gasteiger partial charge in [0.1, 0.15) is 0 Å². The number of allylic oxidation sites excluding steroid dienone is 2. The topological polar surface area (TPSA) is 9.23 Å². The first-order chi connectivity index (χ1) is 10.8. The van der Waals surface area contributed by atoms with Gasteiger partial charge in [-0.05, 0) is 76.0 Å². The molecule has 2 fully saturated rings. The van der Waals surface area contributed by atoms with E-state index in [1.54, 1.807) is 0 Å². The lowest BCUT2D eigenvalue weighted by atomic mass is 9.70. The van der Waals surface area contributed by atoms with Gasteiger partial charge in [0.25, 0.3) is 0 Å². The van der Waals surface area contributed by atoms with Crippen molar-refractivity contribution in [3.05, 3.63) is 24.8 Å². The van der Waals surface area contributed by atoms with Crippen molar-refractivity contribution < 1.29 is 4.74 Å². The van der Waals surface area contributed by atoms with Crippen molar-refractivity contribution in [1.82, 2.24) is 0 Å². The number of hydrogen-bond donors (Lipinski definition) is 0. The average Bonchev–Trinajstić information content (AvgIpc) is 2.58. The molecule has 2 saturated carbocycles. The monoisotopic (exact) mass is 304 g/mol. The summed E-state index contributed by atoms with van der Waals surface area (Å²) in [4.78, 5) is 0. The molecule has 2 rings (SSSR count). The minimum atomic E-state index is 0.511. The van der Waals surface area contributed by atoms with Crippen LogP contribution in [0.25, 0.3) is 0 Å². The minimum absolute atomic E-state index is 0.511. The summed E-state index contributed by atoms with van der Waals surface area (Å²) in [5, 5.41) is 0. The fourth-order valence-corrected chi connectivity index (χ4v) is 4.57. The third kappa shape index (κ3) is 5.91. The van der Waals surface area contributed by atoms with Gasteiger partial charge in [0, 0.05) is 0 Å². The Morgan fingerprint density at radius 3 is 2.18 bits per heavy atom. The van der Waals surface area contributed by atoms with E-state index >= 15 is 0 Å². The van der Waals surface area contributed by atoms with Crippen LogP contribution in [-0.2, 0) is 4.74 Å². The molecule has 2 aliphatic rings. The van der Waals surface area contributed by atoms with E-state index in [0.29, 0.717) is 6.10 Å². The lowest BCUT2D eigenvalue weighted by Crippen LogP contribution is -2.28. The molecule has 1 heteroatoms. The van der Waals surface area contributed by atoms with Crippen molar-refractivity contribution in [3.8, 4) is 0 Å². The second kappa shape index (κ2) is 10.3. The predicted octanol–water partition coefficient (Wildman–Crippen LogP) is 6.30. The van der Waals surface area contributed by atoms with Crippen molar-refractivity contribution in [1.29, 1.82) is 0 Å². The molecule has 0 saturated heterocycles. The van der Waals surface area contributed by atoms with Crippen LogP contribution in [0.2, 0.25) is 0 Å². The second-order valence-electron chi connectivity index (χ2n) is 7.44. The lowest BCUT2D eigenvalue weighted by Gasteiger charge is -2.37. The summed E-state index contributed by atoms with van der Waals surface area (Å²) in [6.45, 7) is 6.60. The Balaban J connectivity index is 1.60. The molecule has 126 valence electrons. The molecule has 0 atom stereocenters. The van der Waals surface area contributed by atoms with Gasteiger partial charge >= 0.3 is 0 Å². The van der Waals surface area contributed by atoms with Gasteiger partial charge in [-0.1, -0.05) is 37.5 Å². The molecule has 0 amide bonds. The fourth-order valence-electron chi connectivity index (χ4n) is 4.57. The normalized spacial score (nSPS) is 33.1. The summed E-state index contributed by atoms with van der Waals surface area (Å²) in [7, 11) is 0. The molecule has 0 heterocycles. The molecule has 1 nitrogen and oxygen atoms in total. The van der Waals surface area contributed by atoms with Crippen molar-refractivity contribution >= 4 is 0 Å². The van der Waals surface area contributed by atoms with Crippen LogP contribution >= 0.6 is 0 Å². The third-order valence-corrected chi connectivity index (χ3v) is 5.95. The molecule has 0 aromatic rings. The first-order valence-electron chi connectivity index (χ1n) is 9.67. The predicted molar refractivity (Wildman–Crippen MR) is 96.0 cm³/mol. The Morgan fingerprint density at radius 2 is 1.59 bits per heavy atom. The van der Waals surface area contributed by atoms with Gasteiger partial charge in [-0.15, -0.1) is 6.58 Å². The van der Waals surface area contributed by atoms with Crippen LogP contribution in [-0.4, -0.2) is 12.7 Å². The average molecular weight is 305 g/mol. The largest absolute Gasteiger partial charge is 0.374 e. The molecule has 0 aliphatic heterocycles. The van der Waals surface area contributed by atoms with Crippen molar-refractivity contribution in [2.24, 2.45) is 17.8 Å². The zero-order valence-electron chi connectivity index (χ0n) is 14.6. The van der Waals surface area contributed by atoms with Gasteiger partial charge in [0.15, 0.2) is 0 Å². The van der Waals surface area contributed by atoms with E-state index in [0.717, 1.165) is 24.4 Å². The molecule has 0 spiro atoms. The zero-order chi connectivity index (χ0) is 15.6. The van der Waals surface area contributed by atoms with Gasteiger partial charge < -0.3 is 4.74 Å². The lowest BCUT2D eigenvalue weighted by molar-refractivity contribution is 0.0211. The van der Waals surface area contributed by atoms with Crippen LogP contribution in [0.5, 0.6) is 0 Å². The Bertz CT molecular complexity index is 317. The first kappa shape index (κ1) is 17.8. The Labute approximate surface area is 138 Å². The zero-order valence-corrected chi connectivity index (χ0v) is 14.6. The Morgan fingerprint density at radius 1 is 0.955 bits per heavy atom. The molecular weight excluding hydrogens is 268 g/mol. The number of unbranched alkanes of at least 4 members (excludes halogenated alkanes) is 1. The standard InChI is InChI=1S/C21H36O/c1-3-5-6-7-8-18-9-11-19(12-10-18)20-13-15-21(16-14-20)22-17-4-2/h3-5,18-21H,2,6-17H2,1H3/b5-3-/t18-,19-,20-,21-. The number of rotatable bonds is 8. The smallest absolute Gasteiger partial charge is 0.0648 e. The minimum Gasteiger partial charge on any atom is -0.374 e. The highest BCUT2D eigenvalue weighted by molar-refractivity contribution is 4.83. The first-order valence-corrected chi connectivity index (χ1v) is 9.67. The summed E-state index contributed by atoms with van der Waals surface area (Å²) in [6.07, 6.45) is 22.4. The van der Waals surface area contributed by atoms with Crippen LogP contribution in [0, 0.1) is 17.8 Å². The molecule has 0 aromatic carbocycles. The van der Waals surface area contributed by atoms with Crippen LogP contribution < -0.4 is 0 Å². The van der Waals surface area contributed by atoms with Crippen molar-refractivity contribution in [2.75, 3.05) is 6.61 Å². The van der Waals surface area contributed by atoms with Crippen LogP contribution in [0.15, 0.2) is 24.8 Å². The summed E-state index contributed by atoms with van der Waals surface area (Å²) < 4.78 is 5.83. The quantitative estimate of drug-likeness (QED) is 0.377. The van der Waals surface area contributed by atoms with Crippen LogP contribution in [0.3, 0.4) is 0 Å². The molecule has 2 aliphatic carbocycles. The summed E-state index contributed by atoms with van der Waals surface area (Å²) >= 11 is 0. The summed E-state index contributed by atoms with van der Waals surface area (Å²) in [5.74, 6) is 3.04. The van der Waals surface area contributed by atoms with Crippen LogP contribution in [0.1, 0.15) is 77.6 Å². The SMILES string of the molecule is C=CCO[C@H]1CC[C@H]([C@H]2CC[C@H](CCC/C=C\C)CC2)CC1. The highest BCUT2D eigenvalue weighted by atomic mass is 16.5. The van der Waals surface area contributed by atoms with E-state index in [1.807, 2.05) is 6.08 Å². The highest BCUT2D eigenvalue weighted by Gasteiger charge is 2.30. The van der Waals surface area contributed by atoms with Gasteiger partial charge in [-0.25, -0.2) is 0 Å². The van der Waals surface area contributed by atoms with Crippen LogP contribution in [0.4, 0.5) is 0 Å².